The Kier molecular flexibility index (Phi) is 4.51. The number of alkyl halides is 3. The van der Waals surface area contributed by atoms with Crippen molar-refractivity contribution in [1.29, 1.82) is 0 Å². The fourth-order valence-corrected chi connectivity index (χ4v) is 4.36. The van der Waals surface area contributed by atoms with Gasteiger partial charge in [0.15, 0.2) is 5.69 Å². The molecule has 1 aromatic carbocycles. The summed E-state index contributed by atoms with van der Waals surface area (Å²) in [4.78, 5) is 21.9. The lowest BCUT2D eigenvalue weighted by atomic mass is 9.74. The van der Waals surface area contributed by atoms with Crippen LogP contribution in [0.2, 0.25) is 0 Å². The lowest BCUT2D eigenvalue weighted by Crippen LogP contribution is -2.63. The van der Waals surface area contributed by atoms with Crippen LogP contribution in [0.1, 0.15) is 37.4 Å². The minimum atomic E-state index is -4.61. The highest BCUT2D eigenvalue weighted by molar-refractivity contribution is 5.91. The zero-order valence-electron chi connectivity index (χ0n) is 15.6. The molecule has 148 valence electrons. The van der Waals surface area contributed by atoms with Gasteiger partial charge in [0.05, 0.1) is 0 Å². The first-order valence-electron chi connectivity index (χ1n) is 9.32. The molecule has 2 bridgehead atoms. The van der Waals surface area contributed by atoms with Crippen LogP contribution in [0, 0.1) is 12.8 Å². The number of hydrogen-bond acceptors (Lipinski definition) is 3. The predicted octanol–water partition coefficient (Wildman–Crippen LogP) is 4.88. The Morgan fingerprint density at radius 1 is 1.14 bits per heavy atom. The molecule has 1 aromatic heterocycles. The molecular weight excluding hydrogens is 369 g/mol. The SMILES string of the molecule is Cc1ccc(NC(=O)N2C3CC(C)C[C@@H]2C3)cc1-c1nccnc1C(F)(F)F. The van der Waals surface area contributed by atoms with Gasteiger partial charge in [0.1, 0.15) is 5.69 Å². The molecule has 2 aromatic rings. The third kappa shape index (κ3) is 3.31. The Morgan fingerprint density at radius 3 is 2.50 bits per heavy atom. The molecule has 3 atom stereocenters. The van der Waals surface area contributed by atoms with Crippen LogP contribution in [-0.2, 0) is 6.18 Å². The van der Waals surface area contributed by atoms with E-state index in [-0.39, 0.29) is 23.8 Å². The van der Waals surface area contributed by atoms with Gasteiger partial charge in [-0.1, -0.05) is 13.0 Å². The number of aromatic nitrogens is 2. The zero-order chi connectivity index (χ0) is 20.1. The van der Waals surface area contributed by atoms with Crippen molar-refractivity contribution in [2.24, 2.45) is 5.92 Å². The number of urea groups is 1. The standard InChI is InChI=1S/C20H21F3N4O/c1-11-7-14-10-15(8-11)27(14)19(28)26-13-4-3-12(2)16(9-13)17-18(20(21,22)23)25-6-5-24-17/h3-6,9,11,14-15H,7-8,10H2,1-2H3,(H,26,28)/t11?,14-,15?/m1/s1. The number of anilines is 1. The Hall–Kier alpha value is -2.64. The normalized spacial score (nSPS) is 23.9. The van der Waals surface area contributed by atoms with Crippen LogP contribution in [0.3, 0.4) is 0 Å². The molecule has 3 heterocycles. The Morgan fingerprint density at radius 2 is 1.82 bits per heavy atom. The van der Waals surface area contributed by atoms with Crippen molar-refractivity contribution in [3.63, 3.8) is 0 Å². The monoisotopic (exact) mass is 390 g/mol. The van der Waals surface area contributed by atoms with E-state index in [1.54, 1.807) is 19.1 Å². The number of piperidine rings is 1. The number of nitrogens with zero attached hydrogens (tertiary/aromatic N) is 3. The van der Waals surface area contributed by atoms with Crippen LogP contribution in [0.15, 0.2) is 30.6 Å². The Labute approximate surface area is 161 Å². The van der Waals surface area contributed by atoms with Gasteiger partial charge in [0.2, 0.25) is 0 Å². The minimum absolute atomic E-state index is 0.196. The fourth-order valence-electron chi connectivity index (χ4n) is 4.36. The van der Waals surface area contributed by atoms with E-state index in [2.05, 4.69) is 22.2 Å². The summed E-state index contributed by atoms with van der Waals surface area (Å²) in [6.07, 6.45) is 0.677. The van der Waals surface area contributed by atoms with Gasteiger partial charge in [-0.2, -0.15) is 13.2 Å². The topological polar surface area (TPSA) is 58.1 Å². The van der Waals surface area contributed by atoms with Crippen molar-refractivity contribution in [1.82, 2.24) is 14.9 Å². The maximum Gasteiger partial charge on any atom is 0.435 e. The molecule has 28 heavy (non-hydrogen) atoms. The van der Waals surface area contributed by atoms with Gasteiger partial charge >= 0.3 is 12.2 Å². The van der Waals surface area contributed by atoms with E-state index >= 15 is 0 Å². The van der Waals surface area contributed by atoms with E-state index in [4.69, 9.17) is 0 Å². The summed E-state index contributed by atoms with van der Waals surface area (Å²) in [5.74, 6) is 0.622. The number of fused-ring (bicyclic) bond motifs is 2. The van der Waals surface area contributed by atoms with Crippen LogP contribution in [0.25, 0.3) is 11.3 Å². The summed E-state index contributed by atoms with van der Waals surface area (Å²) in [5, 5.41) is 2.84. The second-order valence-corrected chi connectivity index (χ2v) is 7.74. The summed E-state index contributed by atoms with van der Waals surface area (Å²) in [5.41, 5.74) is 0.0998. The third-order valence-corrected chi connectivity index (χ3v) is 5.63. The first-order chi connectivity index (χ1) is 13.2. The largest absolute Gasteiger partial charge is 0.435 e. The number of carbonyl (C=O) groups excluding carboxylic acids is 1. The van der Waals surface area contributed by atoms with Crippen molar-refractivity contribution in [3.05, 3.63) is 41.9 Å². The van der Waals surface area contributed by atoms with Gasteiger partial charge < -0.3 is 10.2 Å². The number of rotatable bonds is 2. The van der Waals surface area contributed by atoms with Crippen LogP contribution in [0.4, 0.5) is 23.7 Å². The summed E-state index contributed by atoms with van der Waals surface area (Å²) in [6.45, 7) is 3.90. The minimum Gasteiger partial charge on any atom is -0.318 e. The van der Waals surface area contributed by atoms with Crippen molar-refractivity contribution in [2.75, 3.05) is 5.32 Å². The Bertz CT molecular complexity index is 903. The number of nitrogens with one attached hydrogen (secondary N) is 1. The van der Waals surface area contributed by atoms with Gasteiger partial charge in [-0.15, -0.1) is 0 Å². The number of benzene rings is 1. The molecule has 2 unspecified atom stereocenters. The van der Waals surface area contributed by atoms with E-state index in [1.165, 1.54) is 12.3 Å². The molecule has 2 fully saturated rings. The molecule has 0 aliphatic carbocycles. The first-order valence-corrected chi connectivity index (χ1v) is 9.32. The number of aryl methyl sites for hydroxylation is 1. The van der Waals surface area contributed by atoms with Crippen molar-refractivity contribution >= 4 is 11.7 Å². The molecule has 2 aliphatic rings. The highest BCUT2D eigenvalue weighted by Gasteiger charge is 2.46. The van der Waals surface area contributed by atoms with Crippen molar-refractivity contribution in [3.8, 4) is 11.3 Å². The third-order valence-electron chi connectivity index (χ3n) is 5.63. The zero-order valence-corrected chi connectivity index (χ0v) is 15.6. The average Bonchev–Trinajstić information content (AvgIpc) is 2.62. The summed E-state index contributed by atoms with van der Waals surface area (Å²) in [7, 11) is 0. The van der Waals surface area contributed by atoms with Crippen LogP contribution >= 0.6 is 0 Å². The molecule has 2 amide bonds. The van der Waals surface area contributed by atoms with Gasteiger partial charge in [0.25, 0.3) is 0 Å². The Balaban J connectivity index is 1.60. The van der Waals surface area contributed by atoms with E-state index < -0.39 is 11.9 Å². The maximum absolute atomic E-state index is 13.3. The summed E-state index contributed by atoms with van der Waals surface area (Å²) < 4.78 is 40.0. The second-order valence-electron chi connectivity index (χ2n) is 7.74. The summed E-state index contributed by atoms with van der Waals surface area (Å²) in [6, 6.07) is 5.23. The van der Waals surface area contributed by atoms with Gasteiger partial charge in [-0.05, 0) is 49.8 Å². The van der Waals surface area contributed by atoms with Crippen LogP contribution < -0.4 is 5.32 Å². The molecule has 0 saturated carbocycles. The van der Waals surface area contributed by atoms with E-state index in [9.17, 15) is 18.0 Å². The quantitative estimate of drug-likeness (QED) is 0.795. The first kappa shape index (κ1) is 18.7. The van der Waals surface area contributed by atoms with Crippen molar-refractivity contribution < 1.29 is 18.0 Å². The van der Waals surface area contributed by atoms with E-state index in [1.807, 2.05) is 4.90 Å². The van der Waals surface area contributed by atoms with Gasteiger partial charge in [-0.25, -0.2) is 9.78 Å². The molecule has 1 N–H and O–H groups in total. The summed E-state index contributed by atoms with van der Waals surface area (Å²) >= 11 is 0. The molecule has 0 spiro atoms. The van der Waals surface area contributed by atoms with Crippen molar-refractivity contribution in [2.45, 2.75) is 51.4 Å². The number of halogens is 3. The van der Waals surface area contributed by atoms with Gasteiger partial charge in [-0.3, -0.25) is 4.98 Å². The maximum atomic E-state index is 13.3. The van der Waals surface area contributed by atoms with Crippen LogP contribution in [-0.4, -0.2) is 33.0 Å². The molecule has 8 heteroatoms. The average molecular weight is 390 g/mol. The number of hydrogen-bond donors (Lipinski definition) is 1. The molecule has 5 nitrogen and oxygen atoms in total. The highest BCUT2D eigenvalue weighted by atomic mass is 19.4. The smallest absolute Gasteiger partial charge is 0.318 e. The molecule has 2 saturated heterocycles. The van der Waals surface area contributed by atoms with Crippen LogP contribution in [0.5, 0.6) is 0 Å². The van der Waals surface area contributed by atoms with Gasteiger partial charge in [0, 0.05) is 35.7 Å². The number of amides is 2. The van der Waals surface area contributed by atoms with E-state index in [0.717, 1.165) is 25.5 Å². The molecule has 0 radical (unpaired) electrons. The molecule has 4 rings (SSSR count). The highest BCUT2D eigenvalue weighted by Crippen LogP contribution is 2.41. The molecular formula is C20H21F3N4O. The second kappa shape index (κ2) is 6.76. The predicted molar refractivity (Wildman–Crippen MR) is 98.7 cm³/mol. The fraction of sp³-hybridized carbons (Fsp3) is 0.450. The number of carbonyl (C=O) groups is 1. The lowest BCUT2D eigenvalue weighted by molar-refractivity contribution is -0.140. The molecule has 2 aliphatic heterocycles. The lowest BCUT2D eigenvalue weighted by Gasteiger charge is -2.54. The van der Waals surface area contributed by atoms with E-state index in [0.29, 0.717) is 22.7 Å².